The molecule has 178 valence electrons. The van der Waals surface area contributed by atoms with Crippen LogP contribution in [0.2, 0.25) is 0 Å². The van der Waals surface area contributed by atoms with Gasteiger partial charge in [0.25, 0.3) is 0 Å². The number of nitrogens with two attached hydrogens (primary N) is 2. The summed E-state index contributed by atoms with van der Waals surface area (Å²) >= 11 is 0. The van der Waals surface area contributed by atoms with E-state index < -0.39 is 0 Å². The Bertz CT molecular complexity index is 551. The van der Waals surface area contributed by atoms with Gasteiger partial charge in [-0.3, -0.25) is 0 Å². The molecule has 31 heavy (non-hydrogen) atoms. The van der Waals surface area contributed by atoms with Gasteiger partial charge in [-0.25, -0.2) is 0 Å². The molecule has 1 heterocycles. The second-order valence-electron chi connectivity index (χ2n) is 10.1. The molecule has 0 aromatic heterocycles. The Balaban J connectivity index is 1.36. The van der Waals surface area contributed by atoms with E-state index in [-0.39, 0.29) is 0 Å². The molecule has 0 spiro atoms. The minimum absolute atomic E-state index is 0.774. The van der Waals surface area contributed by atoms with E-state index in [1.807, 2.05) is 6.07 Å². The van der Waals surface area contributed by atoms with Crippen LogP contribution in [-0.4, -0.2) is 13.1 Å². The largest absolute Gasteiger partial charge is 0.399 e. The fourth-order valence-electron chi connectivity index (χ4n) is 5.13. The zero-order valence-corrected chi connectivity index (χ0v) is 20.6. The minimum Gasteiger partial charge on any atom is -0.399 e. The van der Waals surface area contributed by atoms with Gasteiger partial charge < -0.3 is 16.4 Å². The van der Waals surface area contributed by atoms with Crippen LogP contribution in [0.25, 0.3) is 0 Å². The zero-order valence-electron chi connectivity index (χ0n) is 20.6. The maximum Gasteiger partial charge on any atom is 0.0407 e. The predicted molar refractivity (Wildman–Crippen MR) is 140 cm³/mol. The lowest BCUT2D eigenvalue weighted by Crippen LogP contribution is -2.19. The summed E-state index contributed by atoms with van der Waals surface area (Å²) in [6, 6.07) is 5.97. The van der Waals surface area contributed by atoms with Crippen molar-refractivity contribution in [1.29, 1.82) is 0 Å². The number of nitrogens with zero attached hydrogens (tertiary/aromatic N) is 1. The van der Waals surface area contributed by atoms with Crippen molar-refractivity contribution in [2.45, 2.75) is 122 Å². The van der Waals surface area contributed by atoms with Gasteiger partial charge in [-0.15, -0.1) is 0 Å². The third-order valence-corrected chi connectivity index (χ3v) is 7.08. The smallest absolute Gasteiger partial charge is 0.0407 e. The Labute approximate surface area is 193 Å². The maximum absolute atomic E-state index is 5.96. The summed E-state index contributed by atoms with van der Waals surface area (Å²) in [4.78, 5) is 2.46. The number of rotatable bonds is 18. The van der Waals surface area contributed by atoms with Crippen molar-refractivity contribution in [3.8, 4) is 0 Å². The van der Waals surface area contributed by atoms with Crippen molar-refractivity contribution >= 4 is 17.1 Å². The van der Waals surface area contributed by atoms with Gasteiger partial charge in [-0.05, 0) is 37.0 Å². The van der Waals surface area contributed by atoms with Crippen molar-refractivity contribution < 1.29 is 0 Å². The molecule has 4 N–H and O–H groups in total. The molecule has 1 atom stereocenters. The number of hydrogen-bond acceptors (Lipinski definition) is 3. The van der Waals surface area contributed by atoms with Gasteiger partial charge in [0, 0.05) is 30.2 Å². The third-order valence-electron chi connectivity index (χ3n) is 7.08. The first-order valence-corrected chi connectivity index (χ1v) is 13.6. The molecule has 1 saturated heterocycles. The molecule has 3 heteroatoms. The molecule has 0 aliphatic carbocycles. The SMILES string of the molecule is CCCCCCCCCCCCCCCCCCC1CCN(c2cc(N)cc(N)c2)C1. The van der Waals surface area contributed by atoms with Crippen LogP contribution in [0.15, 0.2) is 18.2 Å². The van der Waals surface area contributed by atoms with E-state index in [4.69, 9.17) is 11.5 Å². The molecule has 1 aromatic carbocycles. The zero-order chi connectivity index (χ0) is 22.2. The molecule has 1 aromatic rings. The maximum atomic E-state index is 5.96. The van der Waals surface area contributed by atoms with Crippen LogP contribution in [-0.2, 0) is 0 Å². The van der Waals surface area contributed by atoms with Crippen LogP contribution in [0, 0.1) is 5.92 Å². The van der Waals surface area contributed by atoms with Gasteiger partial charge in [0.1, 0.15) is 0 Å². The summed E-state index contributed by atoms with van der Waals surface area (Å²) in [5.74, 6) is 0.842. The molecule has 2 rings (SSSR count). The topological polar surface area (TPSA) is 55.3 Å². The molecule has 3 nitrogen and oxygen atoms in total. The summed E-state index contributed by atoms with van der Waals surface area (Å²) in [5.41, 5.74) is 14.7. The lowest BCUT2D eigenvalue weighted by molar-refractivity contribution is 0.480. The Morgan fingerprint density at radius 2 is 1.13 bits per heavy atom. The summed E-state index contributed by atoms with van der Waals surface area (Å²) in [6.07, 6.45) is 25.8. The number of hydrogen-bond donors (Lipinski definition) is 2. The lowest BCUT2D eigenvalue weighted by Gasteiger charge is -2.19. The van der Waals surface area contributed by atoms with E-state index in [0.717, 1.165) is 23.8 Å². The van der Waals surface area contributed by atoms with Crippen molar-refractivity contribution in [2.24, 2.45) is 5.92 Å². The molecule has 0 radical (unpaired) electrons. The van der Waals surface area contributed by atoms with Gasteiger partial charge in [0.2, 0.25) is 0 Å². The Morgan fingerprint density at radius 1 is 0.677 bits per heavy atom. The van der Waals surface area contributed by atoms with Gasteiger partial charge in [0.05, 0.1) is 0 Å². The normalized spacial score (nSPS) is 16.3. The first-order valence-electron chi connectivity index (χ1n) is 13.6. The Hall–Kier alpha value is -1.38. The first-order chi connectivity index (χ1) is 15.2. The summed E-state index contributed by atoms with van der Waals surface area (Å²) in [6.45, 7) is 4.61. The number of benzene rings is 1. The van der Waals surface area contributed by atoms with Crippen molar-refractivity contribution in [2.75, 3.05) is 29.5 Å². The average Bonchev–Trinajstić information content (AvgIpc) is 3.22. The second kappa shape index (κ2) is 16.3. The van der Waals surface area contributed by atoms with Gasteiger partial charge in [-0.2, -0.15) is 0 Å². The monoisotopic (exact) mass is 429 g/mol. The summed E-state index contributed by atoms with van der Waals surface area (Å²) in [7, 11) is 0. The molecule has 1 aliphatic rings. The first kappa shape index (κ1) is 25.9. The summed E-state index contributed by atoms with van der Waals surface area (Å²) in [5, 5.41) is 0. The Morgan fingerprint density at radius 3 is 1.61 bits per heavy atom. The highest BCUT2D eigenvalue weighted by atomic mass is 15.1. The molecule has 1 unspecified atom stereocenters. The fourth-order valence-corrected chi connectivity index (χ4v) is 5.13. The molecule has 1 fully saturated rings. The average molecular weight is 430 g/mol. The fraction of sp³-hybridized carbons (Fsp3) is 0.786. The standard InChI is InChI=1S/C28H51N3/c1-2-3-4-5-6-7-8-9-10-11-12-13-14-15-16-17-18-25-19-20-31(24-25)28-22-26(29)21-27(30)23-28/h21-23,25H,2-20,24,29-30H2,1H3. The highest BCUT2D eigenvalue weighted by molar-refractivity contribution is 5.65. The molecular formula is C28H51N3. The highest BCUT2D eigenvalue weighted by Crippen LogP contribution is 2.30. The van der Waals surface area contributed by atoms with E-state index in [9.17, 15) is 0 Å². The van der Waals surface area contributed by atoms with E-state index in [1.165, 1.54) is 128 Å². The molecular weight excluding hydrogens is 378 g/mol. The highest BCUT2D eigenvalue weighted by Gasteiger charge is 2.22. The van der Waals surface area contributed by atoms with Crippen LogP contribution >= 0.6 is 0 Å². The van der Waals surface area contributed by atoms with E-state index >= 15 is 0 Å². The van der Waals surface area contributed by atoms with E-state index in [0.29, 0.717) is 0 Å². The predicted octanol–water partition coefficient (Wildman–Crippen LogP) is 8.33. The number of nitrogen functional groups attached to an aromatic ring is 2. The van der Waals surface area contributed by atoms with Crippen molar-refractivity contribution in [1.82, 2.24) is 0 Å². The van der Waals surface area contributed by atoms with Crippen molar-refractivity contribution in [3.05, 3.63) is 18.2 Å². The minimum atomic E-state index is 0.774. The second-order valence-corrected chi connectivity index (χ2v) is 10.1. The van der Waals surface area contributed by atoms with Crippen LogP contribution in [0.3, 0.4) is 0 Å². The molecule has 0 saturated carbocycles. The quantitative estimate of drug-likeness (QED) is 0.182. The van der Waals surface area contributed by atoms with E-state index in [2.05, 4.69) is 24.0 Å². The van der Waals surface area contributed by atoms with Crippen LogP contribution in [0.5, 0.6) is 0 Å². The lowest BCUT2D eigenvalue weighted by atomic mass is 9.99. The van der Waals surface area contributed by atoms with E-state index in [1.54, 1.807) is 0 Å². The number of anilines is 3. The number of unbranched alkanes of at least 4 members (excludes halogenated alkanes) is 15. The molecule has 0 amide bonds. The van der Waals surface area contributed by atoms with Gasteiger partial charge in [0.15, 0.2) is 0 Å². The van der Waals surface area contributed by atoms with Crippen LogP contribution in [0.4, 0.5) is 17.1 Å². The summed E-state index contributed by atoms with van der Waals surface area (Å²) < 4.78 is 0. The Kier molecular flexibility index (Phi) is 13.6. The van der Waals surface area contributed by atoms with Crippen LogP contribution < -0.4 is 16.4 Å². The van der Waals surface area contributed by atoms with Gasteiger partial charge in [-0.1, -0.05) is 110 Å². The molecule has 0 bridgehead atoms. The third kappa shape index (κ3) is 11.7. The molecule has 1 aliphatic heterocycles. The van der Waals surface area contributed by atoms with Gasteiger partial charge >= 0.3 is 0 Å². The van der Waals surface area contributed by atoms with Crippen molar-refractivity contribution in [3.63, 3.8) is 0 Å². The van der Waals surface area contributed by atoms with Crippen LogP contribution in [0.1, 0.15) is 122 Å².